The van der Waals surface area contributed by atoms with Crippen molar-refractivity contribution in [3.63, 3.8) is 0 Å². The van der Waals surface area contributed by atoms with Crippen molar-refractivity contribution in [2.75, 3.05) is 31.1 Å². The molecule has 0 atom stereocenters. The van der Waals surface area contributed by atoms with Gasteiger partial charge in [0.2, 0.25) is 0 Å². The molecule has 0 aliphatic carbocycles. The Morgan fingerprint density at radius 1 is 1.07 bits per heavy atom. The topological polar surface area (TPSA) is 111 Å². The number of anilines is 1. The summed E-state index contributed by atoms with van der Waals surface area (Å²) in [6, 6.07) is 2.50. The highest BCUT2D eigenvalue weighted by Crippen LogP contribution is 2.36. The van der Waals surface area contributed by atoms with E-state index in [1.165, 1.54) is 10.9 Å². The molecule has 1 fully saturated rings. The maximum Gasteiger partial charge on any atom is 0.416 e. The van der Waals surface area contributed by atoms with Crippen LogP contribution in [0.3, 0.4) is 0 Å². The SMILES string of the molecule is O=[N+]([O-])c1cnn(CN2CCN(c3ccc(C(F)(F)F)cc3[N+](=O)[O-])CC2)c1. The molecule has 10 nitrogen and oxygen atoms in total. The molecule has 0 spiro atoms. The molecule has 28 heavy (non-hydrogen) atoms. The predicted molar refractivity (Wildman–Crippen MR) is 90.8 cm³/mol. The monoisotopic (exact) mass is 400 g/mol. The molecular weight excluding hydrogens is 385 g/mol. The van der Waals surface area contributed by atoms with Gasteiger partial charge in [-0.25, -0.2) is 0 Å². The van der Waals surface area contributed by atoms with Gasteiger partial charge in [-0.05, 0) is 12.1 Å². The Kier molecular flexibility index (Phi) is 5.18. The highest BCUT2D eigenvalue weighted by atomic mass is 19.4. The fourth-order valence-corrected chi connectivity index (χ4v) is 2.97. The molecule has 1 aliphatic rings. The summed E-state index contributed by atoms with van der Waals surface area (Å²) < 4.78 is 39.9. The number of benzene rings is 1. The normalized spacial score (nSPS) is 15.6. The summed E-state index contributed by atoms with van der Waals surface area (Å²) in [5, 5.41) is 25.8. The number of nitro benzene ring substituents is 1. The molecule has 0 unspecified atom stereocenters. The second-order valence-electron chi connectivity index (χ2n) is 6.20. The summed E-state index contributed by atoms with van der Waals surface area (Å²) in [4.78, 5) is 24.1. The highest BCUT2D eigenvalue weighted by molar-refractivity contribution is 5.65. The second-order valence-corrected chi connectivity index (χ2v) is 6.20. The zero-order chi connectivity index (χ0) is 20.5. The lowest BCUT2D eigenvalue weighted by Crippen LogP contribution is -2.47. The summed E-state index contributed by atoms with van der Waals surface area (Å²) in [5.74, 6) is 0. The molecular formula is C15H15F3N6O4. The molecule has 3 rings (SSSR count). The first-order valence-corrected chi connectivity index (χ1v) is 8.15. The molecule has 0 saturated carbocycles. The number of nitrogens with zero attached hydrogens (tertiary/aromatic N) is 6. The van der Waals surface area contributed by atoms with Gasteiger partial charge >= 0.3 is 11.9 Å². The van der Waals surface area contributed by atoms with E-state index in [-0.39, 0.29) is 11.4 Å². The molecule has 1 aliphatic heterocycles. The van der Waals surface area contributed by atoms with Crippen molar-refractivity contribution in [2.24, 2.45) is 0 Å². The third-order valence-corrected chi connectivity index (χ3v) is 4.39. The first-order chi connectivity index (χ1) is 13.1. The molecule has 1 aromatic carbocycles. The molecule has 2 heterocycles. The molecule has 13 heteroatoms. The van der Waals surface area contributed by atoms with Crippen LogP contribution in [-0.2, 0) is 12.8 Å². The number of alkyl halides is 3. The van der Waals surface area contributed by atoms with Crippen LogP contribution < -0.4 is 4.90 Å². The fraction of sp³-hybridized carbons (Fsp3) is 0.400. The minimum absolute atomic E-state index is 0.126. The van der Waals surface area contributed by atoms with E-state index in [1.54, 1.807) is 4.90 Å². The van der Waals surface area contributed by atoms with Gasteiger partial charge in [-0.2, -0.15) is 18.3 Å². The molecule has 0 N–H and O–H groups in total. The lowest BCUT2D eigenvalue weighted by molar-refractivity contribution is -0.385. The van der Waals surface area contributed by atoms with E-state index >= 15 is 0 Å². The minimum Gasteiger partial charge on any atom is -0.363 e. The quantitative estimate of drug-likeness (QED) is 0.560. The highest BCUT2D eigenvalue weighted by Gasteiger charge is 2.34. The third-order valence-electron chi connectivity index (χ3n) is 4.39. The van der Waals surface area contributed by atoms with Crippen molar-refractivity contribution in [3.8, 4) is 0 Å². The van der Waals surface area contributed by atoms with Crippen molar-refractivity contribution in [1.82, 2.24) is 14.7 Å². The van der Waals surface area contributed by atoms with Gasteiger partial charge in [-0.3, -0.25) is 29.8 Å². The molecule has 0 radical (unpaired) electrons. The van der Waals surface area contributed by atoms with Crippen LogP contribution in [0.1, 0.15) is 5.56 Å². The standard InChI is InChI=1S/C15H15F3N6O4/c16-15(17,18)11-1-2-13(14(7-11)24(27)28)21-5-3-20(4-6-21)10-22-9-12(8-19-22)23(25)26/h1-2,7-9H,3-6,10H2. The number of halogens is 3. The number of aromatic nitrogens is 2. The van der Waals surface area contributed by atoms with Crippen LogP contribution in [0.5, 0.6) is 0 Å². The van der Waals surface area contributed by atoms with Crippen LogP contribution in [0, 0.1) is 20.2 Å². The zero-order valence-electron chi connectivity index (χ0n) is 14.4. The number of rotatable bonds is 5. The molecule has 0 bridgehead atoms. The van der Waals surface area contributed by atoms with E-state index < -0.39 is 27.3 Å². The van der Waals surface area contributed by atoms with Crippen molar-refractivity contribution < 1.29 is 23.0 Å². The maximum atomic E-state index is 12.8. The van der Waals surface area contributed by atoms with Crippen LogP contribution in [0.2, 0.25) is 0 Å². The Bertz CT molecular complexity index is 892. The number of piperazine rings is 1. The average Bonchev–Trinajstić information content (AvgIpc) is 3.10. The Labute approximate surface area is 156 Å². The summed E-state index contributed by atoms with van der Waals surface area (Å²) in [7, 11) is 0. The first kappa shape index (κ1) is 19.5. The van der Waals surface area contributed by atoms with Gasteiger partial charge in [-0.15, -0.1) is 0 Å². The predicted octanol–water partition coefficient (Wildman–Crippen LogP) is 2.50. The fourth-order valence-electron chi connectivity index (χ4n) is 2.97. The van der Waals surface area contributed by atoms with Gasteiger partial charge in [0.15, 0.2) is 0 Å². The van der Waals surface area contributed by atoms with Gasteiger partial charge in [0.1, 0.15) is 18.1 Å². The van der Waals surface area contributed by atoms with Gasteiger partial charge in [0.25, 0.3) is 5.69 Å². The Morgan fingerprint density at radius 3 is 2.29 bits per heavy atom. The number of hydrogen-bond acceptors (Lipinski definition) is 7. The van der Waals surface area contributed by atoms with Gasteiger partial charge in [-0.1, -0.05) is 0 Å². The van der Waals surface area contributed by atoms with Crippen LogP contribution in [-0.4, -0.2) is 50.7 Å². The van der Waals surface area contributed by atoms with Crippen molar-refractivity contribution >= 4 is 17.1 Å². The Balaban J connectivity index is 1.68. The largest absolute Gasteiger partial charge is 0.416 e. The van der Waals surface area contributed by atoms with Crippen LogP contribution in [0.25, 0.3) is 0 Å². The van der Waals surface area contributed by atoms with Crippen LogP contribution in [0.4, 0.5) is 30.2 Å². The minimum atomic E-state index is -4.66. The maximum absolute atomic E-state index is 12.8. The van der Waals surface area contributed by atoms with Crippen LogP contribution >= 0.6 is 0 Å². The van der Waals surface area contributed by atoms with Crippen molar-refractivity contribution in [1.29, 1.82) is 0 Å². The second kappa shape index (κ2) is 7.42. The molecule has 1 aromatic heterocycles. The molecule has 1 saturated heterocycles. The molecule has 0 amide bonds. The Morgan fingerprint density at radius 2 is 1.75 bits per heavy atom. The molecule has 150 valence electrons. The summed E-state index contributed by atoms with van der Waals surface area (Å²) >= 11 is 0. The number of hydrogen-bond donors (Lipinski definition) is 0. The van der Waals surface area contributed by atoms with Crippen molar-refractivity contribution in [3.05, 3.63) is 56.4 Å². The Hall–Kier alpha value is -3.22. The van der Waals surface area contributed by atoms with E-state index in [9.17, 15) is 33.4 Å². The first-order valence-electron chi connectivity index (χ1n) is 8.15. The number of nitro groups is 2. The average molecular weight is 400 g/mol. The summed E-state index contributed by atoms with van der Waals surface area (Å²) in [6.07, 6.45) is -2.22. The van der Waals surface area contributed by atoms with E-state index in [1.807, 2.05) is 4.90 Å². The van der Waals surface area contributed by atoms with Crippen LogP contribution in [0.15, 0.2) is 30.6 Å². The van der Waals surface area contributed by atoms with E-state index in [0.717, 1.165) is 18.3 Å². The lowest BCUT2D eigenvalue weighted by atomic mass is 10.1. The smallest absolute Gasteiger partial charge is 0.363 e. The van der Waals surface area contributed by atoms with E-state index in [0.29, 0.717) is 38.9 Å². The van der Waals surface area contributed by atoms with Gasteiger partial charge in [0.05, 0.1) is 22.1 Å². The van der Waals surface area contributed by atoms with E-state index in [2.05, 4.69) is 5.10 Å². The third kappa shape index (κ3) is 4.19. The molecule has 2 aromatic rings. The summed E-state index contributed by atoms with van der Waals surface area (Å²) in [5.41, 5.74) is -1.65. The zero-order valence-corrected chi connectivity index (χ0v) is 14.4. The van der Waals surface area contributed by atoms with Gasteiger partial charge in [0, 0.05) is 32.2 Å². The van der Waals surface area contributed by atoms with Crippen molar-refractivity contribution in [2.45, 2.75) is 12.8 Å². The summed E-state index contributed by atoms with van der Waals surface area (Å²) in [6.45, 7) is 1.94. The van der Waals surface area contributed by atoms with E-state index in [4.69, 9.17) is 0 Å². The van der Waals surface area contributed by atoms with Gasteiger partial charge < -0.3 is 4.90 Å². The lowest BCUT2D eigenvalue weighted by Gasteiger charge is -2.35.